The van der Waals surface area contributed by atoms with Crippen LogP contribution in [-0.2, 0) is 9.47 Å². The summed E-state index contributed by atoms with van der Waals surface area (Å²) in [5.41, 5.74) is 0. The fraction of sp³-hybridized carbons (Fsp3) is 0.500. The van der Waals surface area contributed by atoms with Crippen LogP contribution in [0.4, 0.5) is 0 Å². The second kappa shape index (κ2) is 6.57. The first-order valence-corrected chi connectivity index (χ1v) is 5.02. The summed E-state index contributed by atoms with van der Waals surface area (Å²) < 4.78 is 11.0. The Morgan fingerprint density at radius 3 is 3.00 bits per heavy atom. The SMILES string of the molecule is C=C[C@H](C)OCCO[C@H]1C=CC=CC1. The first kappa shape index (κ1) is 11.2. The highest BCUT2D eigenvalue weighted by Crippen LogP contribution is 2.06. The Morgan fingerprint density at radius 2 is 2.36 bits per heavy atom. The van der Waals surface area contributed by atoms with Crippen LogP contribution in [0.1, 0.15) is 13.3 Å². The van der Waals surface area contributed by atoms with Crippen LogP contribution in [0.25, 0.3) is 0 Å². The van der Waals surface area contributed by atoms with Crippen molar-refractivity contribution in [2.75, 3.05) is 13.2 Å². The molecule has 0 amide bonds. The van der Waals surface area contributed by atoms with E-state index >= 15 is 0 Å². The zero-order chi connectivity index (χ0) is 10.2. The van der Waals surface area contributed by atoms with Crippen LogP contribution in [0.2, 0.25) is 0 Å². The van der Waals surface area contributed by atoms with E-state index in [-0.39, 0.29) is 12.2 Å². The van der Waals surface area contributed by atoms with Gasteiger partial charge in [-0.2, -0.15) is 0 Å². The van der Waals surface area contributed by atoms with Crippen LogP contribution < -0.4 is 0 Å². The highest BCUT2D eigenvalue weighted by molar-refractivity contribution is 5.11. The number of ether oxygens (including phenoxy) is 2. The lowest BCUT2D eigenvalue weighted by atomic mass is 10.1. The van der Waals surface area contributed by atoms with Gasteiger partial charge in [0.25, 0.3) is 0 Å². The minimum absolute atomic E-state index is 0.111. The zero-order valence-corrected chi connectivity index (χ0v) is 8.69. The molecule has 0 bridgehead atoms. The Labute approximate surface area is 85.9 Å². The van der Waals surface area contributed by atoms with E-state index in [0.29, 0.717) is 13.2 Å². The first-order valence-electron chi connectivity index (χ1n) is 5.02. The highest BCUT2D eigenvalue weighted by atomic mass is 16.5. The summed E-state index contributed by atoms with van der Waals surface area (Å²) in [5.74, 6) is 0. The summed E-state index contributed by atoms with van der Waals surface area (Å²) >= 11 is 0. The fourth-order valence-corrected chi connectivity index (χ4v) is 1.18. The van der Waals surface area contributed by atoms with Crippen molar-refractivity contribution in [3.05, 3.63) is 37.0 Å². The van der Waals surface area contributed by atoms with Gasteiger partial charge in [-0.1, -0.05) is 30.4 Å². The average molecular weight is 194 g/mol. The molecule has 0 spiro atoms. The lowest BCUT2D eigenvalue weighted by Gasteiger charge is -2.15. The topological polar surface area (TPSA) is 18.5 Å². The van der Waals surface area contributed by atoms with Crippen LogP contribution >= 0.6 is 0 Å². The van der Waals surface area contributed by atoms with Gasteiger partial charge in [0.15, 0.2) is 0 Å². The molecule has 1 aliphatic carbocycles. The van der Waals surface area contributed by atoms with Crippen molar-refractivity contribution in [2.24, 2.45) is 0 Å². The highest BCUT2D eigenvalue weighted by Gasteiger charge is 2.04. The first-order chi connectivity index (χ1) is 6.83. The van der Waals surface area contributed by atoms with E-state index < -0.39 is 0 Å². The number of hydrogen-bond donors (Lipinski definition) is 0. The van der Waals surface area contributed by atoms with Crippen molar-refractivity contribution < 1.29 is 9.47 Å². The van der Waals surface area contributed by atoms with Gasteiger partial charge in [0.1, 0.15) is 0 Å². The van der Waals surface area contributed by atoms with Crippen molar-refractivity contribution in [2.45, 2.75) is 25.6 Å². The molecule has 0 radical (unpaired) electrons. The third kappa shape index (κ3) is 4.40. The second-order valence-electron chi connectivity index (χ2n) is 3.27. The molecule has 0 aromatic carbocycles. The molecule has 1 aliphatic rings. The van der Waals surface area contributed by atoms with Crippen molar-refractivity contribution in [3.8, 4) is 0 Å². The molecule has 14 heavy (non-hydrogen) atoms. The Kier molecular flexibility index (Phi) is 5.27. The van der Waals surface area contributed by atoms with E-state index in [4.69, 9.17) is 9.47 Å². The third-order valence-corrected chi connectivity index (χ3v) is 2.07. The van der Waals surface area contributed by atoms with Gasteiger partial charge in [-0.25, -0.2) is 0 Å². The van der Waals surface area contributed by atoms with E-state index in [1.807, 2.05) is 19.1 Å². The Morgan fingerprint density at radius 1 is 1.50 bits per heavy atom. The predicted molar refractivity (Wildman–Crippen MR) is 58.2 cm³/mol. The smallest absolute Gasteiger partial charge is 0.0794 e. The minimum Gasteiger partial charge on any atom is -0.372 e. The lowest BCUT2D eigenvalue weighted by molar-refractivity contribution is 0.0102. The lowest BCUT2D eigenvalue weighted by Crippen LogP contribution is -2.16. The van der Waals surface area contributed by atoms with Gasteiger partial charge in [-0.15, -0.1) is 6.58 Å². The molecule has 0 saturated heterocycles. The number of allylic oxidation sites excluding steroid dienone is 2. The van der Waals surface area contributed by atoms with E-state index in [0.717, 1.165) is 6.42 Å². The van der Waals surface area contributed by atoms with Crippen molar-refractivity contribution in [1.82, 2.24) is 0 Å². The van der Waals surface area contributed by atoms with Crippen LogP contribution in [0.3, 0.4) is 0 Å². The van der Waals surface area contributed by atoms with Crippen molar-refractivity contribution in [1.29, 1.82) is 0 Å². The van der Waals surface area contributed by atoms with Gasteiger partial charge in [0.05, 0.1) is 25.4 Å². The molecule has 0 aromatic heterocycles. The van der Waals surface area contributed by atoms with E-state index in [1.165, 1.54) is 0 Å². The third-order valence-electron chi connectivity index (χ3n) is 2.07. The minimum atomic E-state index is 0.111. The quantitative estimate of drug-likeness (QED) is 0.477. The van der Waals surface area contributed by atoms with Gasteiger partial charge >= 0.3 is 0 Å². The van der Waals surface area contributed by atoms with E-state index in [1.54, 1.807) is 6.08 Å². The maximum Gasteiger partial charge on any atom is 0.0794 e. The molecule has 2 heteroatoms. The summed E-state index contributed by atoms with van der Waals surface area (Å²) in [5, 5.41) is 0. The van der Waals surface area contributed by atoms with Gasteiger partial charge in [0.2, 0.25) is 0 Å². The average Bonchev–Trinajstić information content (AvgIpc) is 2.25. The molecular formula is C12H18O2. The number of hydrogen-bond acceptors (Lipinski definition) is 2. The molecule has 2 nitrogen and oxygen atoms in total. The molecule has 78 valence electrons. The Hall–Kier alpha value is -0.860. The van der Waals surface area contributed by atoms with Crippen molar-refractivity contribution in [3.63, 3.8) is 0 Å². The van der Waals surface area contributed by atoms with Gasteiger partial charge < -0.3 is 9.47 Å². The summed E-state index contributed by atoms with van der Waals surface area (Å²) in [7, 11) is 0. The van der Waals surface area contributed by atoms with Gasteiger partial charge in [-0.05, 0) is 13.3 Å². The summed E-state index contributed by atoms with van der Waals surface area (Å²) in [6.07, 6.45) is 11.3. The van der Waals surface area contributed by atoms with Crippen LogP contribution in [0, 0.1) is 0 Å². The number of rotatable bonds is 6. The summed E-state index contributed by atoms with van der Waals surface area (Å²) in [4.78, 5) is 0. The van der Waals surface area contributed by atoms with Crippen LogP contribution in [0.5, 0.6) is 0 Å². The predicted octanol–water partition coefficient (Wildman–Crippen LogP) is 2.48. The molecular weight excluding hydrogens is 176 g/mol. The molecule has 1 rings (SSSR count). The Balaban J connectivity index is 2.01. The maximum atomic E-state index is 5.58. The maximum absolute atomic E-state index is 5.58. The zero-order valence-electron chi connectivity index (χ0n) is 8.69. The second-order valence-corrected chi connectivity index (χ2v) is 3.27. The summed E-state index contributed by atoms with van der Waals surface area (Å²) in [6, 6.07) is 0. The van der Waals surface area contributed by atoms with E-state index in [9.17, 15) is 0 Å². The standard InChI is InChI=1S/C12H18O2/c1-3-11(2)13-9-10-14-12-7-5-4-6-8-12/h3-7,11-12H,1,8-10H2,2H3/t11-,12-/m0/s1. The normalized spacial score (nSPS) is 22.2. The van der Waals surface area contributed by atoms with Crippen LogP contribution in [-0.4, -0.2) is 25.4 Å². The molecule has 0 saturated carbocycles. The largest absolute Gasteiger partial charge is 0.372 e. The Bertz CT molecular complexity index is 218. The molecule has 0 fully saturated rings. The molecule has 0 unspecified atom stereocenters. The monoisotopic (exact) mass is 194 g/mol. The van der Waals surface area contributed by atoms with Crippen molar-refractivity contribution >= 4 is 0 Å². The van der Waals surface area contributed by atoms with Gasteiger partial charge in [-0.3, -0.25) is 0 Å². The summed E-state index contributed by atoms with van der Waals surface area (Å²) in [6.45, 7) is 6.88. The molecule has 2 atom stereocenters. The van der Waals surface area contributed by atoms with Gasteiger partial charge in [0, 0.05) is 0 Å². The molecule has 0 N–H and O–H groups in total. The molecule has 0 aliphatic heterocycles. The molecule has 0 heterocycles. The van der Waals surface area contributed by atoms with E-state index in [2.05, 4.69) is 18.7 Å². The molecule has 0 aromatic rings. The van der Waals surface area contributed by atoms with Crippen LogP contribution in [0.15, 0.2) is 37.0 Å². The fourth-order valence-electron chi connectivity index (χ4n) is 1.18.